The number of benzene rings is 2. The number of fused-ring (bicyclic) bond motifs is 2. The van der Waals surface area contributed by atoms with E-state index in [0.717, 1.165) is 16.4 Å². The number of H-pyrrole nitrogens is 2. The van der Waals surface area contributed by atoms with Crippen molar-refractivity contribution >= 4 is 69.1 Å². The number of aliphatic hydroxyl groups is 5. The number of amides is 8. The second kappa shape index (κ2) is 33.7. The number of aliphatic hydroxyl groups excluding tert-OH is 5. The molecule has 0 saturated carbocycles. The Balaban J connectivity index is 1.45. The third-order valence-electron chi connectivity index (χ3n) is 15.3. The zero-order chi connectivity index (χ0) is 62.5. The normalized spacial score (nSPS) is 27.3. The molecule has 13 atom stereocenters. The standard InChI is InChI=1S/C58H87N13O15/c1-31(2)23-41-53(80)69-42(24-32-26-62-36-15-5-3-13-34(32)36)54(81)64-40(19-9-12-22-61)52(79)71-45(30-85-58-49(76)48(75)47(74)46(29-73)86-58)57(84)66-39(18-8-11-21-60)51(78)70-44(28-72)56(83)65-38(17-7-10-20-59)50(77)68-43(55(82)67-41)25-33-27-63-37-16-6-4-14-35(33)37/h3-6,13-16,26-27,31,38-49,58,62-63,72-76H,7-12,17-25,28-30,59-61H2,1-2H3,(H,64,81)(H,65,83)(H,66,84)(H,67,82)(H,68,77)(H,69,80)(H,70,78)(H,71,79)/t38-,39-,40-,41-,42+,43+,44+,45+,46-,47-,48+,49+,58+/m1/s1. The highest BCUT2D eigenvalue weighted by molar-refractivity contribution is 5.99. The van der Waals surface area contributed by atoms with Crippen LogP contribution in [0.15, 0.2) is 60.9 Å². The van der Waals surface area contributed by atoms with E-state index >= 15 is 4.79 Å². The number of hydrogen-bond acceptors (Lipinski definition) is 18. The van der Waals surface area contributed by atoms with Gasteiger partial charge in [0.05, 0.1) is 19.8 Å². The number of unbranched alkanes of at least 4 members (excludes halogenated alkanes) is 3. The lowest BCUT2D eigenvalue weighted by Crippen LogP contribution is -2.63. The Kier molecular flexibility index (Phi) is 26.6. The van der Waals surface area contributed by atoms with Gasteiger partial charge < -0.3 is 105 Å². The number of carbonyl (C=O) groups is 8. The van der Waals surface area contributed by atoms with Crippen molar-refractivity contribution in [2.24, 2.45) is 23.1 Å². The number of aromatic amines is 2. The predicted molar refractivity (Wildman–Crippen MR) is 314 cm³/mol. The summed E-state index contributed by atoms with van der Waals surface area (Å²) < 4.78 is 11.3. The van der Waals surface area contributed by atoms with Crippen LogP contribution in [0.4, 0.5) is 0 Å². The molecule has 0 bridgehead atoms. The van der Waals surface area contributed by atoms with Crippen LogP contribution >= 0.6 is 0 Å². The molecule has 4 heterocycles. The van der Waals surface area contributed by atoms with Gasteiger partial charge in [0.15, 0.2) is 6.29 Å². The molecule has 21 N–H and O–H groups in total. The average Bonchev–Trinajstić information content (AvgIpc) is 2.73. The first-order chi connectivity index (χ1) is 41.3. The first kappa shape index (κ1) is 68.0. The van der Waals surface area contributed by atoms with Crippen LogP contribution < -0.4 is 59.7 Å². The van der Waals surface area contributed by atoms with E-state index < -0.39 is 146 Å². The highest BCUT2D eigenvalue weighted by Crippen LogP contribution is 2.24. The lowest BCUT2D eigenvalue weighted by atomic mass is 9.99. The number of ether oxygens (including phenoxy) is 2. The fourth-order valence-electron chi connectivity index (χ4n) is 10.4. The first-order valence-electron chi connectivity index (χ1n) is 29.5. The number of para-hydroxylation sites is 2. The maximum absolute atomic E-state index is 15.0. The van der Waals surface area contributed by atoms with Crippen molar-refractivity contribution in [2.45, 2.75) is 170 Å². The summed E-state index contributed by atoms with van der Waals surface area (Å²) in [6, 6.07) is 2.37. The van der Waals surface area contributed by atoms with E-state index in [1.807, 2.05) is 50.2 Å². The molecule has 0 radical (unpaired) electrons. The topological polar surface area (TPSA) is 462 Å². The van der Waals surface area contributed by atoms with Crippen molar-refractivity contribution in [1.82, 2.24) is 52.5 Å². The van der Waals surface area contributed by atoms with Gasteiger partial charge in [0, 0.05) is 47.0 Å². The molecule has 474 valence electrons. The Bertz CT molecular complexity index is 2890. The fourth-order valence-corrected chi connectivity index (χ4v) is 10.4. The second-order valence-corrected chi connectivity index (χ2v) is 22.3. The molecular weight excluding hydrogens is 1120 g/mol. The van der Waals surface area contributed by atoms with Crippen molar-refractivity contribution in [3.05, 3.63) is 72.1 Å². The van der Waals surface area contributed by atoms with Gasteiger partial charge in [0.1, 0.15) is 72.8 Å². The first-order valence-corrected chi connectivity index (χ1v) is 29.5. The monoisotopic (exact) mass is 1210 g/mol. The van der Waals surface area contributed by atoms with E-state index in [0.29, 0.717) is 42.2 Å². The Morgan fingerprint density at radius 2 is 0.837 bits per heavy atom. The molecule has 2 aromatic carbocycles. The van der Waals surface area contributed by atoms with Crippen LogP contribution in [0.5, 0.6) is 0 Å². The molecule has 28 heteroatoms. The molecule has 8 amide bonds. The van der Waals surface area contributed by atoms with Gasteiger partial charge in [0.2, 0.25) is 47.3 Å². The molecule has 2 fully saturated rings. The number of nitrogens with two attached hydrogens (primary N) is 3. The minimum absolute atomic E-state index is 0.0233. The molecular formula is C58H87N13O15. The molecule has 28 nitrogen and oxygen atoms in total. The summed E-state index contributed by atoms with van der Waals surface area (Å²) in [5.41, 5.74) is 20.2. The van der Waals surface area contributed by atoms with E-state index in [4.69, 9.17) is 26.7 Å². The van der Waals surface area contributed by atoms with Crippen LogP contribution in [0.25, 0.3) is 21.8 Å². The molecule has 86 heavy (non-hydrogen) atoms. The van der Waals surface area contributed by atoms with Gasteiger partial charge in [-0.15, -0.1) is 0 Å². The average molecular weight is 1210 g/mol. The van der Waals surface area contributed by atoms with Gasteiger partial charge in [-0.05, 0) is 113 Å². The SMILES string of the molecule is CC(C)C[C@H]1NC(=O)[C@H](Cc2c[nH]c3ccccc23)NC(=O)[C@@H](CCCCN)NC(=O)[C@H](CO)NC(=O)[C@@H](CCCCN)NC(=O)[C@H](CO[C@H]2O[C@H](CO)[C@@H](O)[C@H](O)[C@@H]2O)NC(=O)[C@@H](CCCCN)NC(=O)[C@H](Cc2c[nH]c3ccccc23)NC1=O. The fraction of sp³-hybridized carbons (Fsp3) is 0.586. The summed E-state index contributed by atoms with van der Waals surface area (Å²) in [5, 5.41) is 75.3. The molecule has 0 unspecified atom stereocenters. The van der Waals surface area contributed by atoms with Crippen molar-refractivity contribution in [1.29, 1.82) is 0 Å². The highest BCUT2D eigenvalue weighted by Gasteiger charge is 2.45. The summed E-state index contributed by atoms with van der Waals surface area (Å²) in [4.78, 5) is 124. The van der Waals surface area contributed by atoms with Crippen LogP contribution in [-0.4, -0.2) is 201 Å². The number of aromatic nitrogens is 2. The second-order valence-electron chi connectivity index (χ2n) is 22.3. The highest BCUT2D eigenvalue weighted by atomic mass is 16.7. The van der Waals surface area contributed by atoms with E-state index in [1.165, 1.54) is 0 Å². The quantitative estimate of drug-likeness (QED) is 0.0321. The Labute approximate surface area is 497 Å². The van der Waals surface area contributed by atoms with Crippen LogP contribution in [0.3, 0.4) is 0 Å². The zero-order valence-electron chi connectivity index (χ0n) is 48.6. The van der Waals surface area contributed by atoms with Crippen LogP contribution in [-0.2, 0) is 60.7 Å². The van der Waals surface area contributed by atoms with Crippen molar-refractivity contribution in [3.8, 4) is 0 Å². The Morgan fingerprint density at radius 1 is 0.465 bits per heavy atom. The maximum atomic E-state index is 15.0. The summed E-state index contributed by atoms with van der Waals surface area (Å²) in [6.45, 7) is 1.52. The van der Waals surface area contributed by atoms with Crippen molar-refractivity contribution in [3.63, 3.8) is 0 Å². The molecule has 2 saturated heterocycles. The molecule has 2 aliphatic heterocycles. The van der Waals surface area contributed by atoms with Gasteiger partial charge in [0.25, 0.3) is 0 Å². The molecule has 2 aliphatic rings. The number of hydrogen-bond donors (Lipinski definition) is 18. The lowest BCUT2D eigenvalue weighted by Gasteiger charge is -2.40. The van der Waals surface area contributed by atoms with Gasteiger partial charge in [-0.25, -0.2) is 0 Å². The summed E-state index contributed by atoms with van der Waals surface area (Å²) >= 11 is 0. The van der Waals surface area contributed by atoms with E-state index in [-0.39, 0.29) is 76.9 Å². The van der Waals surface area contributed by atoms with Crippen molar-refractivity contribution < 1.29 is 73.4 Å². The largest absolute Gasteiger partial charge is 0.394 e. The molecule has 0 aliphatic carbocycles. The van der Waals surface area contributed by atoms with Crippen molar-refractivity contribution in [2.75, 3.05) is 39.5 Å². The molecule has 0 spiro atoms. The Hall–Kier alpha value is -7.12. The summed E-state index contributed by atoms with van der Waals surface area (Å²) in [5.74, 6) is -7.62. The van der Waals surface area contributed by atoms with Gasteiger partial charge in [-0.2, -0.15) is 0 Å². The van der Waals surface area contributed by atoms with Gasteiger partial charge >= 0.3 is 0 Å². The predicted octanol–water partition coefficient (Wildman–Crippen LogP) is -3.43. The van der Waals surface area contributed by atoms with Crippen LogP contribution in [0.1, 0.15) is 89.2 Å². The summed E-state index contributed by atoms with van der Waals surface area (Å²) in [7, 11) is 0. The third kappa shape index (κ3) is 18.9. The van der Waals surface area contributed by atoms with E-state index in [9.17, 15) is 59.1 Å². The summed E-state index contributed by atoms with van der Waals surface area (Å²) in [6.07, 6.45) is -4.05. The molecule has 2 aromatic heterocycles. The molecule has 6 rings (SSSR count). The minimum Gasteiger partial charge on any atom is -0.394 e. The number of nitrogens with one attached hydrogen (secondary N) is 10. The zero-order valence-corrected chi connectivity index (χ0v) is 48.6. The number of carbonyl (C=O) groups excluding carboxylic acids is 8. The van der Waals surface area contributed by atoms with Gasteiger partial charge in [-0.1, -0.05) is 50.2 Å². The Morgan fingerprint density at radius 3 is 1.27 bits per heavy atom. The third-order valence-corrected chi connectivity index (χ3v) is 15.3. The van der Waals surface area contributed by atoms with E-state index in [1.54, 1.807) is 24.5 Å². The van der Waals surface area contributed by atoms with E-state index in [2.05, 4.69) is 52.5 Å². The van der Waals surface area contributed by atoms with Gasteiger partial charge in [-0.3, -0.25) is 38.4 Å². The van der Waals surface area contributed by atoms with Crippen LogP contribution in [0.2, 0.25) is 0 Å². The maximum Gasteiger partial charge on any atom is 0.245 e. The molecule has 4 aromatic rings. The number of rotatable bonds is 23. The minimum atomic E-state index is -1.95. The lowest BCUT2D eigenvalue weighted by molar-refractivity contribution is -0.301. The smallest absolute Gasteiger partial charge is 0.245 e. The van der Waals surface area contributed by atoms with Crippen LogP contribution in [0, 0.1) is 5.92 Å².